The summed E-state index contributed by atoms with van der Waals surface area (Å²) in [5, 5.41) is 3.27. The first-order valence-electron chi connectivity index (χ1n) is 6.85. The van der Waals surface area contributed by atoms with Crippen LogP contribution in [0.5, 0.6) is 0 Å². The number of carbonyl (C=O) groups excluding carboxylic acids is 1. The van der Waals surface area contributed by atoms with E-state index in [4.69, 9.17) is 4.74 Å². The number of esters is 1. The van der Waals surface area contributed by atoms with Gasteiger partial charge in [0, 0.05) is 24.5 Å². The largest absolute Gasteiger partial charge is 0.457 e. The highest BCUT2D eigenvalue weighted by atomic mass is 16.5. The summed E-state index contributed by atoms with van der Waals surface area (Å²) in [5.74, 6) is 0.284. The van der Waals surface area contributed by atoms with E-state index in [1.165, 1.54) is 5.57 Å². The van der Waals surface area contributed by atoms with Crippen LogP contribution >= 0.6 is 0 Å². The lowest BCUT2D eigenvalue weighted by Gasteiger charge is -2.16. The van der Waals surface area contributed by atoms with Gasteiger partial charge in [0.05, 0.1) is 5.41 Å². The van der Waals surface area contributed by atoms with Crippen LogP contribution in [0.25, 0.3) is 5.57 Å². The van der Waals surface area contributed by atoms with E-state index in [2.05, 4.69) is 21.4 Å². The maximum absolute atomic E-state index is 11.7. The second-order valence-electron chi connectivity index (χ2n) is 5.90. The van der Waals surface area contributed by atoms with Crippen molar-refractivity contribution < 1.29 is 9.53 Å². The van der Waals surface area contributed by atoms with Crippen molar-refractivity contribution in [1.29, 1.82) is 0 Å². The van der Waals surface area contributed by atoms with Gasteiger partial charge in [-0.05, 0) is 39.3 Å². The standard InChI is InChI=1S/C15H21N3O2/c1-15(2,3)14(19)20-10-13-17-8-12(9-18-13)11-4-6-16-7-5-11/h4,8-9,16H,5-7,10H2,1-3H3. The zero-order chi connectivity index (χ0) is 14.6. The molecule has 0 amide bonds. The molecule has 0 unspecified atom stereocenters. The second-order valence-corrected chi connectivity index (χ2v) is 5.90. The van der Waals surface area contributed by atoms with Crippen LogP contribution in [0.1, 0.15) is 38.6 Å². The van der Waals surface area contributed by atoms with E-state index in [-0.39, 0.29) is 12.6 Å². The average molecular weight is 275 g/mol. The molecule has 1 aliphatic rings. The first kappa shape index (κ1) is 14.7. The molecular formula is C15H21N3O2. The van der Waals surface area contributed by atoms with Crippen molar-refractivity contribution in [2.24, 2.45) is 5.41 Å². The quantitative estimate of drug-likeness (QED) is 0.854. The average Bonchev–Trinajstić information content (AvgIpc) is 2.45. The van der Waals surface area contributed by atoms with Gasteiger partial charge in [-0.25, -0.2) is 9.97 Å². The SMILES string of the molecule is CC(C)(C)C(=O)OCc1ncc(C2=CCNCC2)cn1. The minimum Gasteiger partial charge on any atom is -0.457 e. The fraction of sp³-hybridized carbons (Fsp3) is 0.533. The van der Waals surface area contributed by atoms with Gasteiger partial charge in [0.1, 0.15) is 0 Å². The van der Waals surface area contributed by atoms with Crippen molar-refractivity contribution in [3.63, 3.8) is 0 Å². The molecule has 108 valence electrons. The first-order valence-corrected chi connectivity index (χ1v) is 6.85. The predicted octanol–water partition coefficient (Wildman–Crippen LogP) is 1.94. The Morgan fingerprint density at radius 1 is 1.35 bits per heavy atom. The Kier molecular flexibility index (Phi) is 4.49. The Labute approximate surface area is 119 Å². The number of ether oxygens (including phenoxy) is 1. The molecule has 1 aromatic heterocycles. The van der Waals surface area contributed by atoms with Crippen LogP contribution in [0.15, 0.2) is 18.5 Å². The van der Waals surface area contributed by atoms with Crippen LogP contribution in [0.3, 0.4) is 0 Å². The number of hydrogen-bond acceptors (Lipinski definition) is 5. The third-order valence-electron chi connectivity index (χ3n) is 3.08. The van der Waals surface area contributed by atoms with E-state index >= 15 is 0 Å². The van der Waals surface area contributed by atoms with Gasteiger partial charge in [-0.3, -0.25) is 4.79 Å². The van der Waals surface area contributed by atoms with E-state index in [0.717, 1.165) is 25.1 Å². The molecule has 2 rings (SSSR count). The zero-order valence-corrected chi connectivity index (χ0v) is 12.3. The van der Waals surface area contributed by atoms with Gasteiger partial charge in [-0.15, -0.1) is 0 Å². The molecule has 1 aliphatic heterocycles. The fourth-order valence-corrected chi connectivity index (χ4v) is 1.83. The van der Waals surface area contributed by atoms with Gasteiger partial charge in [0.2, 0.25) is 0 Å². The molecule has 0 saturated heterocycles. The highest BCUT2D eigenvalue weighted by Crippen LogP contribution is 2.18. The molecule has 5 nitrogen and oxygen atoms in total. The van der Waals surface area contributed by atoms with Gasteiger partial charge in [0.25, 0.3) is 0 Å². The van der Waals surface area contributed by atoms with Gasteiger partial charge in [-0.1, -0.05) is 6.08 Å². The van der Waals surface area contributed by atoms with Crippen molar-refractivity contribution in [3.8, 4) is 0 Å². The van der Waals surface area contributed by atoms with Gasteiger partial charge in [-0.2, -0.15) is 0 Å². The number of hydrogen-bond donors (Lipinski definition) is 1. The van der Waals surface area contributed by atoms with Crippen molar-refractivity contribution in [3.05, 3.63) is 29.9 Å². The Balaban J connectivity index is 1.95. The number of carbonyl (C=O) groups is 1. The summed E-state index contributed by atoms with van der Waals surface area (Å²) in [6.07, 6.45) is 6.73. The normalized spacial score (nSPS) is 15.7. The molecule has 0 spiro atoms. The summed E-state index contributed by atoms with van der Waals surface area (Å²) in [4.78, 5) is 20.2. The Morgan fingerprint density at radius 2 is 2.05 bits per heavy atom. The van der Waals surface area contributed by atoms with Crippen LogP contribution in [-0.2, 0) is 16.1 Å². The number of nitrogens with zero attached hydrogens (tertiary/aromatic N) is 2. The molecule has 0 saturated carbocycles. The lowest BCUT2D eigenvalue weighted by atomic mass is 9.97. The molecule has 0 radical (unpaired) electrons. The molecule has 0 atom stereocenters. The summed E-state index contributed by atoms with van der Waals surface area (Å²) in [7, 11) is 0. The molecule has 20 heavy (non-hydrogen) atoms. The maximum atomic E-state index is 11.7. The lowest BCUT2D eigenvalue weighted by Crippen LogP contribution is -2.23. The summed E-state index contributed by atoms with van der Waals surface area (Å²) in [6.45, 7) is 7.46. The van der Waals surface area contributed by atoms with Crippen molar-refractivity contribution in [1.82, 2.24) is 15.3 Å². The van der Waals surface area contributed by atoms with Crippen LogP contribution in [-0.4, -0.2) is 29.0 Å². The molecular weight excluding hydrogens is 254 g/mol. The lowest BCUT2D eigenvalue weighted by molar-refractivity contribution is -0.154. The summed E-state index contributed by atoms with van der Waals surface area (Å²) < 4.78 is 5.19. The summed E-state index contributed by atoms with van der Waals surface area (Å²) in [5.41, 5.74) is 1.80. The van der Waals surface area contributed by atoms with Crippen LogP contribution in [0.4, 0.5) is 0 Å². The highest BCUT2D eigenvalue weighted by molar-refractivity contribution is 5.75. The van der Waals surface area contributed by atoms with E-state index in [1.54, 1.807) is 12.4 Å². The van der Waals surface area contributed by atoms with E-state index < -0.39 is 5.41 Å². The number of rotatable bonds is 3. The third-order valence-corrected chi connectivity index (χ3v) is 3.08. The molecule has 1 N–H and O–H groups in total. The van der Waals surface area contributed by atoms with Crippen LogP contribution in [0, 0.1) is 5.41 Å². The number of aromatic nitrogens is 2. The minimum absolute atomic E-state index is 0.122. The molecule has 0 bridgehead atoms. The van der Waals surface area contributed by atoms with Gasteiger partial charge in [0.15, 0.2) is 12.4 Å². The van der Waals surface area contributed by atoms with Crippen molar-refractivity contribution in [2.75, 3.05) is 13.1 Å². The zero-order valence-electron chi connectivity index (χ0n) is 12.3. The number of nitrogens with one attached hydrogen (secondary N) is 1. The minimum atomic E-state index is -0.500. The smallest absolute Gasteiger partial charge is 0.311 e. The van der Waals surface area contributed by atoms with E-state index in [0.29, 0.717) is 5.82 Å². The molecule has 5 heteroatoms. The van der Waals surface area contributed by atoms with E-state index in [1.807, 2.05) is 20.8 Å². The molecule has 0 aromatic carbocycles. The van der Waals surface area contributed by atoms with Crippen LogP contribution < -0.4 is 5.32 Å². The van der Waals surface area contributed by atoms with Crippen molar-refractivity contribution in [2.45, 2.75) is 33.8 Å². The Hall–Kier alpha value is -1.75. The maximum Gasteiger partial charge on any atom is 0.311 e. The second kappa shape index (κ2) is 6.13. The molecule has 0 aliphatic carbocycles. The summed E-state index contributed by atoms with van der Waals surface area (Å²) >= 11 is 0. The highest BCUT2D eigenvalue weighted by Gasteiger charge is 2.23. The predicted molar refractivity (Wildman–Crippen MR) is 76.7 cm³/mol. The molecule has 2 heterocycles. The Morgan fingerprint density at radius 3 is 2.60 bits per heavy atom. The monoisotopic (exact) mass is 275 g/mol. The topological polar surface area (TPSA) is 64.1 Å². The summed E-state index contributed by atoms with van der Waals surface area (Å²) in [6, 6.07) is 0. The van der Waals surface area contributed by atoms with Gasteiger partial charge >= 0.3 is 5.97 Å². The molecule has 1 aromatic rings. The first-order chi connectivity index (χ1) is 9.47. The van der Waals surface area contributed by atoms with Crippen LogP contribution in [0.2, 0.25) is 0 Å². The Bertz CT molecular complexity index is 501. The van der Waals surface area contributed by atoms with Gasteiger partial charge < -0.3 is 10.1 Å². The molecule has 0 fully saturated rings. The third kappa shape index (κ3) is 3.87. The van der Waals surface area contributed by atoms with E-state index in [9.17, 15) is 4.79 Å². The fourth-order valence-electron chi connectivity index (χ4n) is 1.83. The van der Waals surface area contributed by atoms with Crippen molar-refractivity contribution >= 4 is 11.5 Å².